The Morgan fingerprint density at radius 2 is 1.88 bits per heavy atom. The highest BCUT2D eigenvalue weighted by molar-refractivity contribution is 7.17. The van der Waals surface area contributed by atoms with Gasteiger partial charge in [-0.3, -0.25) is 0 Å². The molecule has 0 amide bonds. The predicted molar refractivity (Wildman–Crippen MR) is 66.1 cm³/mol. The molecule has 0 spiro atoms. The Bertz CT molecular complexity index is 462. The van der Waals surface area contributed by atoms with Crippen LogP contribution in [-0.4, -0.2) is 6.04 Å². The molecule has 0 aliphatic rings. The monoisotopic (exact) mass is 234 g/mol. The number of hydrogen-bond acceptors (Lipinski definition) is 5. The van der Waals surface area contributed by atoms with E-state index in [9.17, 15) is 0 Å². The first-order chi connectivity index (χ1) is 7.51. The standard InChI is InChI=1S/C11H14N4S/c1-6(2)7(3)15-11-8(4-12)10(14)9(5-13)16-11/h6-7,15H,14H2,1-3H3. The molecule has 1 atom stereocenters. The van der Waals surface area contributed by atoms with E-state index >= 15 is 0 Å². The number of nitriles is 2. The lowest BCUT2D eigenvalue weighted by molar-refractivity contribution is 0.561. The Labute approximate surface area is 99.3 Å². The molecule has 0 saturated heterocycles. The number of nitrogen functional groups attached to an aromatic ring is 1. The second-order valence-electron chi connectivity index (χ2n) is 3.95. The third-order valence-corrected chi connectivity index (χ3v) is 3.56. The van der Waals surface area contributed by atoms with Crippen LogP contribution in [-0.2, 0) is 0 Å². The first-order valence-corrected chi connectivity index (χ1v) is 5.81. The molecule has 0 aromatic carbocycles. The fourth-order valence-electron chi connectivity index (χ4n) is 1.11. The number of anilines is 2. The number of nitrogens with one attached hydrogen (secondary N) is 1. The number of thiophene rings is 1. The summed E-state index contributed by atoms with van der Waals surface area (Å²) in [6.45, 7) is 6.21. The van der Waals surface area contributed by atoms with Crippen molar-refractivity contribution in [2.75, 3.05) is 11.1 Å². The summed E-state index contributed by atoms with van der Waals surface area (Å²) < 4.78 is 0. The first-order valence-electron chi connectivity index (χ1n) is 5.00. The van der Waals surface area contributed by atoms with Crippen LogP contribution in [0, 0.1) is 28.6 Å². The highest BCUT2D eigenvalue weighted by Crippen LogP contribution is 2.35. The molecular weight excluding hydrogens is 220 g/mol. The Hall–Kier alpha value is -1.72. The summed E-state index contributed by atoms with van der Waals surface area (Å²) in [5.41, 5.74) is 6.37. The van der Waals surface area contributed by atoms with Crippen LogP contribution in [0.3, 0.4) is 0 Å². The van der Waals surface area contributed by atoms with Crippen LogP contribution >= 0.6 is 11.3 Å². The zero-order chi connectivity index (χ0) is 12.3. The van der Waals surface area contributed by atoms with E-state index < -0.39 is 0 Å². The van der Waals surface area contributed by atoms with Crippen molar-refractivity contribution in [1.29, 1.82) is 10.5 Å². The minimum atomic E-state index is 0.233. The number of nitrogens with zero attached hydrogens (tertiary/aromatic N) is 2. The average Bonchev–Trinajstić information content (AvgIpc) is 2.54. The van der Waals surface area contributed by atoms with Gasteiger partial charge in [0.05, 0.1) is 5.69 Å². The topological polar surface area (TPSA) is 85.6 Å². The third kappa shape index (κ3) is 2.26. The van der Waals surface area contributed by atoms with E-state index in [4.69, 9.17) is 16.3 Å². The number of rotatable bonds is 3. The van der Waals surface area contributed by atoms with E-state index in [2.05, 4.69) is 19.2 Å². The molecule has 84 valence electrons. The van der Waals surface area contributed by atoms with Gasteiger partial charge in [0.15, 0.2) is 0 Å². The van der Waals surface area contributed by atoms with Gasteiger partial charge in [-0.05, 0) is 12.8 Å². The molecule has 0 fully saturated rings. The maximum atomic E-state index is 8.99. The van der Waals surface area contributed by atoms with Crippen molar-refractivity contribution in [2.24, 2.45) is 5.92 Å². The summed E-state index contributed by atoms with van der Waals surface area (Å²) in [5.74, 6) is 0.445. The fourth-order valence-corrected chi connectivity index (χ4v) is 2.08. The molecular formula is C11H14N4S. The molecule has 0 radical (unpaired) electrons. The van der Waals surface area contributed by atoms with Gasteiger partial charge in [-0.25, -0.2) is 0 Å². The molecule has 1 aromatic rings. The van der Waals surface area contributed by atoms with Gasteiger partial charge < -0.3 is 11.1 Å². The summed E-state index contributed by atoms with van der Waals surface area (Å²) in [6.07, 6.45) is 0. The van der Waals surface area contributed by atoms with Crippen molar-refractivity contribution in [1.82, 2.24) is 0 Å². The van der Waals surface area contributed by atoms with Crippen LogP contribution in [0.5, 0.6) is 0 Å². The third-order valence-electron chi connectivity index (χ3n) is 2.52. The molecule has 1 rings (SSSR count). The summed E-state index contributed by atoms with van der Waals surface area (Å²) in [5, 5.41) is 21.7. The van der Waals surface area contributed by atoms with Crippen LogP contribution in [0.1, 0.15) is 31.2 Å². The van der Waals surface area contributed by atoms with E-state index in [-0.39, 0.29) is 11.7 Å². The zero-order valence-corrected chi connectivity index (χ0v) is 10.4. The predicted octanol–water partition coefficient (Wildman–Crippen LogP) is 2.53. The van der Waals surface area contributed by atoms with Crippen molar-refractivity contribution < 1.29 is 0 Å². The molecule has 5 heteroatoms. The Morgan fingerprint density at radius 1 is 1.25 bits per heavy atom. The Balaban J connectivity index is 3.07. The maximum Gasteiger partial charge on any atom is 0.131 e. The highest BCUT2D eigenvalue weighted by atomic mass is 32.1. The molecule has 1 unspecified atom stereocenters. The maximum absolute atomic E-state index is 8.99. The van der Waals surface area contributed by atoms with Crippen LogP contribution in [0.4, 0.5) is 10.7 Å². The summed E-state index contributed by atoms with van der Waals surface area (Å²) in [7, 11) is 0. The summed E-state index contributed by atoms with van der Waals surface area (Å²) >= 11 is 1.24. The van der Waals surface area contributed by atoms with Gasteiger partial charge in [-0.1, -0.05) is 13.8 Å². The smallest absolute Gasteiger partial charge is 0.131 e. The average molecular weight is 234 g/mol. The quantitative estimate of drug-likeness (QED) is 0.841. The van der Waals surface area contributed by atoms with E-state index in [1.807, 2.05) is 19.1 Å². The lowest BCUT2D eigenvalue weighted by Crippen LogP contribution is -2.21. The molecule has 1 aromatic heterocycles. The zero-order valence-electron chi connectivity index (χ0n) is 9.53. The number of hydrogen-bond donors (Lipinski definition) is 2. The summed E-state index contributed by atoms with van der Waals surface area (Å²) in [6, 6.07) is 4.26. The van der Waals surface area contributed by atoms with Gasteiger partial charge in [0, 0.05) is 6.04 Å². The molecule has 0 saturated carbocycles. The van der Waals surface area contributed by atoms with Gasteiger partial charge in [0.25, 0.3) is 0 Å². The molecule has 16 heavy (non-hydrogen) atoms. The fraction of sp³-hybridized carbons (Fsp3) is 0.455. The summed E-state index contributed by atoms with van der Waals surface area (Å²) in [4.78, 5) is 0.398. The second-order valence-corrected chi connectivity index (χ2v) is 4.97. The van der Waals surface area contributed by atoms with Crippen molar-refractivity contribution in [3.63, 3.8) is 0 Å². The minimum absolute atomic E-state index is 0.233. The van der Waals surface area contributed by atoms with Crippen LogP contribution in [0.15, 0.2) is 0 Å². The Kier molecular flexibility index (Phi) is 3.76. The minimum Gasteiger partial charge on any atom is -0.396 e. The molecule has 0 aliphatic heterocycles. The lowest BCUT2D eigenvalue weighted by atomic mass is 10.1. The lowest BCUT2D eigenvalue weighted by Gasteiger charge is -2.17. The second kappa shape index (κ2) is 4.87. The van der Waals surface area contributed by atoms with E-state index in [0.717, 1.165) is 0 Å². The van der Waals surface area contributed by atoms with Gasteiger partial charge in [0.2, 0.25) is 0 Å². The van der Waals surface area contributed by atoms with E-state index in [1.165, 1.54) is 11.3 Å². The van der Waals surface area contributed by atoms with Crippen molar-refractivity contribution in [3.05, 3.63) is 10.4 Å². The molecule has 0 aliphatic carbocycles. The number of nitrogens with two attached hydrogens (primary N) is 1. The highest BCUT2D eigenvalue weighted by Gasteiger charge is 2.17. The van der Waals surface area contributed by atoms with Crippen molar-refractivity contribution in [3.8, 4) is 12.1 Å². The van der Waals surface area contributed by atoms with Crippen LogP contribution < -0.4 is 11.1 Å². The molecule has 0 bridgehead atoms. The molecule has 3 N–H and O–H groups in total. The van der Waals surface area contributed by atoms with E-state index in [1.54, 1.807) is 0 Å². The van der Waals surface area contributed by atoms with Crippen molar-refractivity contribution in [2.45, 2.75) is 26.8 Å². The Morgan fingerprint density at radius 3 is 2.31 bits per heavy atom. The molecule has 4 nitrogen and oxygen atoms in total. The first kappa shape index (κ1) is 12.4. The molecule has 1 heterocycles. The van der Waals surface area contributed by atoms with Gasteiger partial charge >= 0.3 is 0 Å². The van der Waals surface area contributed by atoms with Gasteiger partial charge in [-0.15, -0.1) is 11.3 Å². The van der Waals surface area contributed by atoms with Gasteiger partial charge in [0.1, 0.15) is 27.6 Å². The SMILES string of the molecule is CC(C)C(C)Nc1sc(C#N)c(N)c1C#N. The van der Waals surface area contributed by atoms with Crippen LogP contribution in [0.25, 0.3) is 0 Å². The van der Waals surface area contributed by atoms with E-state index in [0.29, 0.717) is 21.4 Å². The van der Waals surface area contributed by atoms with Gasteiger partial charge in [-0.2, -0.15) is 10.5 Å². The van der Waals surface area contributed by atoms with Crippen LogP contribution in [0.2, 0.25) is 0 Å². The van der Waals surface area contributed by atoms with Crippen molar-refractivity contribution >= 4 is 22.0 Å². The largest absolute Gasteiger partial charge is 0.396 e. The normalized spacial score (nSPS) is 11.9.